The lowest BCUT2D eigenvalue weighted by Gasteiger charge is -2.39. The lowest BCUT2D eigenvalue weighted by Crippen LogP contribution is -2.48. The average Bonchev–Trinajstić information content (AvgIpc) is 3.07. The van der Waals surface area contributed by atoms with Gasteiger partial charge in [-0.2, -0.15) is 26.3 Å². The normalized spacial score (nSPS) is 18.1. The number of ether oxygens (including phenoxy) is 2. The van der Waals surface area contributed by atoms with Crippen molar-refractivity contribution in [2.75, 3.05) is 55.0 Å². The first-order valence-corrected chi connectivity index (χ1v) is 16.0. The van der Waals surface area contributed by atoms with Gasteiger partial charge in [0.15, 0.2) is 0 Å². The molecule has 2 aliphatic heterocycles. The molecule has 1 fully saturated rings. The van der Waals surface area contributed by atoms with Crippen LogP contribution in [0.15, 0.2) is 36.5 Å². The van der Waals surface area contributed by atoms with Crippen LogP contribution in [0.1, 0.15) is 67.7 Å². The molecule has 0 bridgehead atoms. The van der Waals surface area contributed by atoms with Crippen LogP contribution < -0.4 is 19.9 Å². The predicted molar refractivity (Wildman–Crippen MR) is 171 cm³/mol. The van der Waals surface area contributed by atoms with Crippen molar-refractivity contribution >= 4 is 29.3 Å². The Balaban J connectivity index is 1.56. The van der Waals surface area contributed by atoms with Crippen LogP contribution in [0.5, 0.6) is 5.88 Å². The second-order valence-electron chi connectivity index (χ2n) is 11.9. The number of fused-ring (bicyclic) bond motifs is 1. The molecule has 1 saturated heterocycles. The molecule has 0 saturated carbocycles. The van der Waals surface area contributed by atoms with Gasteiger partial charge >= 0.3 is 18.4 Å². The molecule has 2 amide bonds. The fraction of sp³-hybridized carbons (Fsp3) is 0.485. The molecule has 270 valence electrons. The van der Waals surface area contributed by atoms with Gasteiger partial charge in [0.1, 0.15) is 0 Å². The first-order chi connectivity index (χ1) is 23.6. The first-order valence-electron chi connectivity index (χ1n) is 16.0. The number of piperazine rings is 1. The summed E-state index contributed by atoms with van der Waals surface area (Å²) in [5, 5.41) is 3.24. The highest BCUT2D eigenvalue weighted by Gasteiger charge is 2.39. The van der Waals surface area contributed by atoms with Gasteiger partial charge in [-0.1, -0.05) is 6.92 Å². The van der Waals surface area contributed by atoms with E-state index in [4.69, 9.17) is 9.47 Å². The second kappa shape index (κ2) is 14.6. The number of carbonyl (C=O) groups excluding carboxylic acids is 2. The van der Waals surface area contributed by atoms with Crippen LogP contribution in [0.4, 0.5) is 48.5 Å². The number of nitrogens with one attached hydrogen (secondary N) is 1. The molecule has 3 aromatic rings. The minimum atomic E-state index is -5.02. The average molecular weight is 710 g/mol. The Bertz CT molecular complexity index is 1680. The van der Waals surface area contributed by atoms with Crippen molar-refractivity contribution in [3.8, 4) is 5.88 Å². The van der Waals surface area contributed by atoms with Crippen molar-refractivity contribution < 1.29 is 45.4 Å². The molecular formula is C33H37F6N7O4. The molecule has 1 N–H and O–H groups in total. The maximum Gasteiger partial charge on any atom is 0.416 e. The number of nitrogens with zero attached hydrogens (tertiary/aromatic N) is 6. The molecule has 2 atom stereocenters. The van der Waals surface area contributed by atoms with Gasteiger partial charge < -0.3 is 24.6 Å². The Kier molecular flexibility index (Phi) is 10.6. The maximum absolute atomic E-state index is 13.7. The zero-order valence-electron chi connectivity index (χ0n) is 27.9. The fourth-order valence-corrected chi connectivity index (χ4v) is 6.23. The quantitative estimate of drug-likeness (QED) is 0.263. The van der Waals surface area contributed by atoms with Gasteiger partial charge in [0, 0.05) is 51.6 Å². The number of pyridine rings is 1. The largest absolute Gasteiger partial charge is 0.481 e. The summed E-state index contributed by atoms with van der Waals surface area (Å²) in [5.41, 5.74) is -1.60. The van der Waals surface area contributed by atoms with Crippen LogP contribution in [0.25, 0.3) is 0 Å². The smallest absolute Gasteiger partial charge is 0.416 e. The molecule has 2 aromatic heterocycles. The van der Waals surface area contributed by atoms with E-state index < -0.39 is 35.6 Å². The SMILES string of the molecule is CCOC(=O)N1c2ccc(OC)nc2[C@@H](Nc2ncc(N3CCN(C(C)=O)CC3)c(Cc3cc(C(F)(F)F)cc(C(F)(F)F)c3)n2)C[C@H]1CC. The van der Waals surface area contributed by atoms with Gasteiger partial charge in [-0.25, -0.2) is 19.7 Å². The maximum atomic E-state index is 13.7. The number of hydrogen-bond acceptors (Lipinski definition) is 9. The highest BCUT2D eigenvalue weighted by atomic mass is 19.4. The molecule has 2 aliphatic rings. The number of halogens is 6. The van der Waals surface area contributed by atoms with Crippen LogP contribution in [-0.2, 0) is 28.3 Å². The number of alkyl halides is 6. The molecule has 1 aromatic carbocycles. The van der Waals surface area contributed by atoms with E-state index in [2.05, 4.69) is 20.3 Å². The number of amides is 2. The number of carbonyl (C=O) groups is 2. The number of rotatable bonds is 8. The van der Waals surface area contributed by atoms with Crippen molar-refractivity contribution in [2.45, 2.75) is 64.5 Å². The Labute approximate surface area is 284 Å². The third kappa shape index (κ3) is 7.97. The predicted octanol–water partition coefficient (Wildman–Crippen LogP) is 6.48. The molecular weight excluding hydrogens is 672 g/mol. The van der Waals surface area contributed by atoms with E-state index in [1.54, 1.807) is 24.0 Å². The molecule has 0 radical (unpaired) electrons. The summed E-state index contributed by atoms with van der Waals surface area (Å²) in [5.74, 6) is 0.212. The van der Waals surface area contributed by atoms with Gasteiger partial charge in [-0.05, 0) is 49.6 Å². The lowest BCUT2D eigenvalue weighted by atomic mass is 9.93. The Hall–Kier alpha value is -4.83. The monoisotopic (exact) mass is 709 g/mol. The van der Waals surface area contributed by atoms with E-state index >= 15 is 0 Å². The lowest BCUT2D eigenvalue weighted by molar-refractivity contribution is -0.143. The second-order valence-corrected chi connectivity index (χ2v) is 11.9. The van der Waals surface area contributed by atoms with Crippen molar-refractivity contribution in [3.05, 3.63) is 64.6 Å². The van der Waals surface area contributed by atoms with E-state index in [1.165, 1.54) is 25.1 Å². The number of benzene rings is 1. The highest BCUT2D eigenvalue weighted by Crippen LogP contribution is 2.41. The zero-order chi connectivity index (χ0) is 36.4. The van der Waals surface area contributed by atoms with Gasteiger partial charge in [0.05, 0.1) is 59.8 Å². The van der Waals surface area contributed by atoms with Crippen molar-refractivity contribution in [3.63, 3.8) is 0 Å². The van der Waals surface area contributed by atoms with Crippen LogP contribution >= 0.6 is 0 Å². The number of aromatic nitrogens is 3. The van der Waals surface area contributed by atoms with Gasteiger partial charge in [0.2, 0.25) is 17.7 Å². The van der Waals surface area contributed by atoms with Crippen molar-refractivity contribution in [1.29, 1.82) is 0 Å². The molecule has 0 spiro atoms. The van der Waals surface area contributed by atoms with Crippen LogP contribution in [0.3, 0.4) is 0 Å². The van der Waals surface area contributed by atoms with Crippen LogP contribution in [-0.4, -0.2) is 77.8 Å². The number of anilines is 3. The van der Waals surface area contributed by atoms with Crippen molar-refractivity contribution in [2.24, 2.45) is 0 Å². The summed E-state index contributed by atoms with van der Waals surface area (Å²) in [4.78, 5) is 43.7. The molecule has 50 heavy (non-hydrogen) atoms. The number of methoxy groups -OCH3 is 1. The van der Waals surface area contributed by atoms with E-state index in [1.807, 2.05) is 11.8 Å². The third-order valence-electron chi connectivity index (χ3n) is 8.72. The van der Waals surface area contributed by atoms with Crippen LogP contribution in [0, 0.1) is 0 Å². The minimum Gasteiger partial charge on any atom is -0.481 e. The van der Waals surface area contributed by atoms with Gasteiger partial charge in [0.25, 0.3) is 0 Å². The molecule has 17 heteroatoms. The summed E-state index contributed by atoms with van der Waals surface area (Å²) in [7, 11) is 1.44. The zero-order valence-corrected chi connectivity index (χ0v) is 27.9. The topological polar surface area (TPSA) is 113 Å². The fourth-order valence-electron chi connectivity index (χ4n) is 6.23. The first kappa shape index (κ1) is 36.5. The minimum absolute atomic E-state index is 0.0501. The summed E-state index contributed by atoms with van der Waals surface area (Å²) < 4.78 is 93.1. The summed E-state index contributed by atoms with van der Waals surface area (Å²) in [6, 6.07) is 3.87. The molecule has 5 rings (SSSR count). The van der Waals surface area contributed by atoms with E-state index in [-0.39, 0.29) is 54.1 Å². The summed E-state index contributed by atoms with van der Waals surface area (Å²) in [6.45, 7) is 6.63. The van der Waals surface area contributed by atoms with Gasteiger partial charge in [-0.3, -0.25) is 9.69 Å². The van der Waals surface area contributed by atoms with Crippen LogP contribution in [0.2, 0.25) is 0 Å². The van der Waals surface area contributed by atoms with Gasteiger partial charge in [-0.15, -0.1) is 0 Å². The highest BCUT2D eigenvalue weighted by molar-refractivity contribution is 5.90. The third-order valence-corrected chi connectivity index (χ3v) is 8.72. The molecule has 11 nitrogen and oxygen atoms in total. The van der Waals surface area contributed by atoms with E-state index in [0.29, 0.717) is 68.2 Å². The summed E-state index contributed by atoms with van der Waals surface area (Å²) in [6.07, 6.45) is -8.59. The number of hydrogen-bond donors (Lipinski definition) is 1. The standard InChI is InChI=1S/C33H37F6N7O4/c1-5-23-17-25(29-26(7-8-28(43-29)49-4)46(23)31(48)50-6-2)42-30-40-18-27(45-11-9-44(10-12-45)19(3)47)24(41-30)15-20-13-21(32(34,35)36)16-22(14-20)33(37,38)39/h7-8,13-14,16,18,23,25H,5-6,9-12,15,17H2,1-4H3,(H,40,41,42)/t23-,25+/m1/s1. The Morgan fingerprint density at radius 3 is 2.16 bits per heavy atom. The molecule has 4 heterocycles. The Morgan fingerprint density at radius 1 is 0.940 bits per heavy atom. The summed E-state index contributed by atoms with van der Waals surface area (Å²) >= 11 is 0. The van der Waals surface area contributed by atoms with E-state index in [9.17, 15) is 35.9 Å². The Morgan fingerprint density at radius 2 is 1.60 bits per heavy atom. The van der Waals surface area contributed by atoms with Crippen molar-refractivity contribution in [1.82, 2.24) is 19.9 Å². The molecule has 0 unspecified atom stereocenters. The van der Waals surface area contributed by atoms with E-state index in [0.717, 1.165) is 0 Å². The molecule has 0 aliphatic carbocycles.